The van der Waals surface area contributed by atoms with Crippen LogP contribution in [0.1, 0.15) is 16.7 Å². The molecular weight excluding hydrogens is 420 g/mol. The average molecular weight is 445 g/mol. The SMILES string of the molecule is COCc1cc(-c2[nH+]c(-c3cccc(COCC(=O)O)c3)no2)ccc1-c1ccccc1C. The third-order valence-corrected chi connectivity index (χ3v) is 5.26. The zero-order chi connectivity index (χ0) is 23.2. The van der Waals surface area contributed by atoms with Gasteiger partial charge in [-0.05, 0) is 59.0 Å². The van der Waals surface area contributed by atoms with E-state index in [-0.39, 0.29) is 13.2 Å². The summed E-state index contributed by atoms with van der Waals surface area (Å²) >= 11 is 0. The van der Waals surface area contributed by atoms with Crippen LogP contribution >= 0.6 is 0 Å². The van der Waals surface area contributed by atoms with Crippen LogP contribution in [0.5, 0.6) is 0 Å². The summed E-state index contributed by atoms with van der Waals surface area (Å²) in [7, 11) is 1.68. The second kappa shape index (κ2) is 10.2. The van der Waals surface area contributed by atoms with E-state index < -0.39 is 5.97 Å². The fourth-order valence-electron chi connectivity index (χ4n) is 3.71. The smallest absolute Gasteiger partial charge is 0.378 e. The molecule has 0 spiro atoms. The van der Waals surface area contributed by atoms with E-state index in [9.17, 15) is 4.79 Å². The van der Waals surface area contributed by atoms with Crippen LogP contribution in [-0.4, -0.2) is 29.9 Å². The molecule has 0 unspecified atom stereocenters. The number of ether oxygens (including phenoxy) is 2. The quantitative estimate of drug-likeness (QED) is 0.406. The zero-order valence-corrected chi connectivity index (χ0v) is 18.5. The van der Waals surface area contributed by atoms with Crippen molar-refractivity contribution in [3.8, 4) is 34.0 Å². The molecule has 0 aliphatic heterocycles. The Morgan fingerprint density at radius 3 is 2.64 bits per heavy atom. The summed E-state index contributed by atoms with van der Waals surface area (Å²) in [5.74, 6) is 0.106. The van der Waals surface area contributed by atoms with Crippen LogP contribution in [-0.2, 0) is 27.5 Å². The number of rotatable bonds is 9. The van der Waals surface area contributed by atoms with Gasteiger partial charge in [0.2, 0.25) is 0 Å². The van der Waals surface area contributed by atoms with Crippen LogP contribution in [0.15, 0.2) is 71.3 Å². The van der Waals surface area contributed by atoms with Crippen LogP contribution in [0.3, 0.4) is 0 Å². The molecular formula is C26H25N2O5+. The molecule has 0 saturated carbocycles. The van der Waals surface area contributed by atoms with Crippen molar-refractivity contribution in [3.05, 3.63) is 83.4 Å². The maximum absolute atomic E-state index is 10.6. The first-order valence-corrected chi connectivity index (χ1v) is 10.5. The first-order chi connectivity index (χ1) is 16.0. The van der Waals surface area contributed by atoms with Crippen LogP contribution in [0.2, 0.25) is 0 Å². The van der Waals surface area contributed by atoms with Crippen LogP contribution in [0.25, 0.3) is 34.0 Å². The van der Waals surface area contributed by atoms with Crippen molar-refractivity contribution >= 4 is 5.97 Å². The molecule has 7 heteroatoms. The molecule has 3 aromatic carbocycles. The highest BCUT2D eigenvalue weighted by Gasteiger charge is 2.20. The summed E-state index contributed by atoms with van der Waals surface area (Å²) in [6.07, 6.45) is 0. The number of benzene rings is 3. The number of carboxylic acid groups (broad SMARTS) is 1. The number of carbonyl (C=O) groups is 1. The Labute approximate surface area is 191 Å². The van der Waals surface area contributed by atoms with Crippen molar-refractivity contribution in [2.75, 3.05) is 13.7 Å². The van der Waals surface area contributed by atoms with Gasteiger partial charge in [-0.3, -0.25) is 0 Å². The molecule has 0 fully saturated rings. The molecule has 2 N–H and O–H groups in total. The molecule has 0 radical (unpaired) electrons. The van der Waals surface area contributed by atoms with Crippen molar-refractivity contribution < 1.29 is 28.9 Å². The van der Waals surface area contributed by atoms with E-state index in [1.807, 2.05) is 48.5 Å². The van der Waals surface area contributed by atoms with E-state index >= 15 is 0 Å². The van der Waals surface area contributed by atoms with Gasteiger partial charge >= 0.3 is 17.7 Å². The highest BCUT2D eigenvalue weighted by atomic mass is 16.5. The largest absolute Gasteiger partial charge is 0.480 e. The third-order valence-electron chi connectivity index (χ3n) is 5.26. The lowest BCUT2D eigenvalue weighted by Crippen LogP contribution is -2.08. The summed E-state index contributed by atoms with van der Waals surface area (Å²) in [6, 6.07) is 21.9. The normalized spacial score (nSPS) is 11.0. The Hall–Kier alpha value is -3.81. The van der Waals surface area contributed by atoms with E-state index in [2.05, 4.69) is 35.3 Å². The highest BCUT2D eigenvalue weighted by molar-refractivity contribution is 5.73. The first-order valence-electron chi connectivity index (χ1n) is 10.5. The molecule has 0 saturated heterocycles. The summed E-state index contributed by atoms with van der Waals surface area (Å²) in [4.78, 5) is 13.9. The Morgan fingerprint density at radius 1 is 1.00 bits per heavy atom. The minimum absolute atomic E-state index is 0.200. The van der Waals surface area contributed by atoms with Gasteiger partial charge in [-0.2, -0.15) is 4.98 Å². The molecule has 0 bridgehead atoms. The predicted octanol–water partition coefficient (Wildman–Crippen LogP) is 4.55. The van der Waals surface area contributed by atoms with Crippen molar-refractivity contribution in [2.24, 2.45) is 0 Å². The topological polar surface area (TPSA) is 95.9 Å². The number of aromatic nitrogens is 2. The average Bonchev–Trinajstić information content (AvgIpc) is 3.30. The fraction of sp³-hybridized carbons (Fsp3) is 0.192. The second-order valence-electron chi connectivity index (χ2n) is 7.69. The van der Waals surface area contributed by atoms with E-state index in [1.54, 1.807) is 7.11 Å². The van der Waals surface area contributed by atoms with Crippen molar-refractivity contribution in [3.63, 3.8) is 0 Å². The molecule has 0 atom stereocenters. The molecule has 0 aliphatic carbocycles. The van der Waals surface area contributed by atoms with Crippen LogP contribution in [0, 0.1) is 6.92 Å². The number of hydrogen-bond donors (Lipinski definition) is 1. The molecule has 0 amide bonds. The van der Waals surface area contributed by atoms with Gasteiger partial charge in [-0.25, -0.2) is 9.32 Å². The maximum Gasteiger partial charge on any atom is 0.378 e. The standard InChI is InChI=1S/C26H24N2O5/c1-17-6-3-4-9-22(17)23-11-10-20(13-21(23)15-31-2)26-27-25(28-33-26)19-8-5-7-18(12-19)14-32-16-24(29)30/h3-13H,14-16H2,1-2H3,(H,29,30)/p+1. The van der Waals surface area contributed by atoms with E-state index in [0.717, 1.165) is 27.8 Å². The van der Waals surface area contributed by atoms with Gasteiger partial charge in [0.25, 0.3) is 0 Å². The number of nitrogens with zero attached hydrogens (tertiary/aromatic N) is 1. The minimum atomic E-state index is -0.998. The summed E-state index contributed by atoms with van der Waals surface area (Å²) in [5, 5.41) is 12.9. The Balaban J connectivity index is 1.60. The zero-order valence-electron chi connectivity index (χ0n) is 18.5. The number of methoxy groups -OCH3 is 1. The van der Waals surface area contributed by atoms with Gasteiger partial charge in [-0.15, -0.1) is 0 Å². The number of carboxylic acids is 1. The molecule has 1 heterocycles. The number of aromatic amines is 1. The third kappa shape index (κ3) is 5.34. The Morgan fingerprint density at radius 2 is 1.85 bits per heavy atom. The number of nitrogens with one attached hydrogen (secondary N) is 1. The highest BCUT2D eigenvalue weighted by Crippen LogP contribution is 2.30. The van der Waals surface area contributed by atoms with Crippen molar-refractivity contribution in [1.82, 2.24) is 5.16 Å². The van der Waals surface area contributed by atoms with Crippen LogP contribution in [0.4, 0.5) is 0 Å². The fourth-order valence-corrected chi connectivity index (χ4v) is 3.71. The molecule has 7 nitrogen and oxygen atoms in total. The molecule has 4 aromatic rings. The monoisotopic (exact) mass is 445 g/mol. The lowest BCUT2D eigenvalue weighted by Gasteiger charge is -2.12. The lowest BCUT2D eigenvalue weighted by molar-refractivity contribution is -0.356. The van der Waals surface area contributed by atoms with E-state index in [0.29, 0.717) is 18.3 Å². The van der Waals surface area contributed by atoms with E-state index in [1.165, 1.54) is 11.1 Å². The van der Waals surface area contributed by atoms with Gasteiger partial charge in [0.15, 0.2) is 5.16 Å². The van der Waals surface area contributed by atoms with Gasteiger partial charge in [0, 0.05) is 7.11 Å². The van der Waals surface area contributed by atoms with E-state index in [4.69, 9.17) is 19.1 Å². The number of aliphatic carboxylic acids is 1. The number of aryl methyl sites for hydroxylation is 1. The van der Waals surface area contributed by atoms with Gasteiger partial charge in [0.1, 0.15) is 6.61 Å². The van der Waals surface area contributed by atoms with Gasteiger partial charge < -0.3 is 14.6 Å². The summed E-state index contributed by atoms with van der Waals surface area (Å²) in [5.41, 5.74) is 7.05. The summed E-state index contributed by atoms with van der Waals surface area (Å²) in [6.45, 7) is 2.42. The predicted molar refractivity (Wildman–Crippen MR) is 122 cm³/mol. The van der Waals surface area contributed by atoms with Crippen molar-refractivity contribution in [2.45, 2.75) is 20.1 Å². The van der Waals surface area contributed by atoms with Gasteiger partial charge in [-0.1, -0.05) is 42.5 Å². The summed E-state index contributed by atoms with van der Waals surface area (Å²) < 4.78 is 16.2. The number of hydrogen-bond acceptors (Lipinski definition) is 5. The first kappa shape index (κ1) is 22.4. The lowest BCUT2D eigenvalue weighted by atomic mass is 9.94. The second-order valence-corrected chi connectivity index (χ2v) is 7.69. The molecule has 168 valence electrons. The molecule has 0 aliphatic rings. The van der Waals surface area contributed by atoms with Crippen LogP contribution < -0.4 is 4.98 Å². The van der Waals surface area contributed by atoms with Gasteiger partial charge in [0.05, 0.1) is 24.3 Å². The number of H-pyrrole nitrogens is 1. The Kier molecular flexibility index (Phi) is 6.92. The minimum Gasteiger partial charge on any atom is -0.480 e. The molecule has 1 aromatic heterocycles. The molecule has 4 rings (SSSR count). The Bertz CT molecular complexity index is 1270. The maximum atomic E-state index is 10.6. The molecule has 33 heavy (non-hydrogen) atoms. The van der Waals surface area contributed by atoms with Crippen molar-refractivity contribution in [1.29, 1.82) is 0 Å².